The lowest BCUT2D eigenvalue weighted by atomic mass is 10.2. The van der Waals surface area contributed by atoms with Crippen LogP contribution in [-0.4, -0.2) is 63.7 Å². The van der Waals surface area contributed by atoms with Gasteiger partial charge in [0.2, 0.25) is 5.82 Å². The van der Waals surface area contributed by atoms with Crippen molar-refractivity contribution >= 4 is 23.0 Å². The van der Waals surface area contributed by atoms with Gasteiger partial charge in [-0.05, 0) is 37.2 Å². The molecule has 1 fully saturated rings. The largest absolute Gasteiger partial charge is 0.335 e. The molecule has 1 saturated heterocycles. The number of aryl methyl sites for hydroxylation is 1. The van der Waals surface area contributed by atoms with Crippen LogP contribution in [0.1, 0.15) is 33.6 Å². The van der Waals surface area contributed by atoms with E-state index in [4.69, 9.17) is 0 Å². The first-order chi connectivity index (χ1) is 14.1. The molecule has 7 heteroatoms. The molecule has 1 aliphatic rings. The Balaban J connectivity index is 1.64. The summed E-state index contributed by atoms with van der Waals surface area (Å²) in [5.41, 5.74) is 2.66. The number of piperazine rings is 1. The molecule has 2 amide bonds. The quantitative estimate of drug-likeness (QED) is 0.742. The Morgan fingerprint density at radius 1 is 1.03 bits per heavy atom. The van der Waals surface area contributed by atoms with Crippen molar-refractivity contribution in [2.45, 2.75) is 13.8 Å². The summed E-state index contributed by atoms with van der Waals surface area (Å²) >= 11 is 0. The first-order valence-corrected chi connectivity index (χ1v) is 9.94. The van der Waals surface area contributed by atoms with E-state index in [2.05, 4.69) is 22.1 Å². The summed E-state index contributed by atoms with van der Waals surface area (Å²) in [5, 5.41) is 2.91. The van der Waals surface area contributed by atoms with Crippen molar-refractivity contribution in [1.29, 1.82) is 0 Å². The minimum atomic E-state index is -0.338. The Morgan fingerprint density at radius 3 is 2.48 bits per heavy atom. The van der Waals surface area contributed by atoms with Crippen LogP contribution in [0.15, 0.2) is 48.7 Å². The van der Waals surface area contributed by atoms with Gasteiger partial charge in [-0.3, -0.25) is 14.0 Å². The van der Waals surface area contributed by atoms with E-state index >= 15 is 0 Å². The summed E-state index contributed by atoms with van der Waals surface area (Å²) in [7, 11) is 0. The Bertz CT molecular complexity index is 1050. The number of hydrogen-bond donors (Lipinski definition) is 1. The third-order valence-electron chi connectivity index (χ3n) is 5.45. The summed E-state index contributed by atoms with van der Waals surface area (Å²) in [6.45, 7) is 8.10. The maximum atomic E-state index is 13.2. The van der Waals surface area contributed by atoms with Crippen molar-refractivity contribution < 1.29 is 9.59 Å². The molecular weight excluding hydrogens is 366 g/mol. The second-order valence-electron chi connectivity index (χ2n) is 7.24. The molecule has 0 bridgehead atoms. The number of amides is 2. The molecule has 4 rings (SSSR count). The monoisotopic (exact) mass is 391 g/mol. The van der Waals surface area contributed by atoms with Crippen LogP contribution in [-0.2, 0) is 0 Å². The lowest BCUT2D eigenvalue weighted by Gasteiger charge is -2.33. The minimum absolute atomic E-state index is 0.126. The highest BCUT2D eigenvalue weighted by molar-refractivity contribution is 6.06. The van der Waals surface area contributed by atoms with Gasteiger partial charge in [0.05, 0.1) is 5.52 Å². The van der Waals surface area contributed by atoms with Crippen molar-refractivity contribution in [3.63, 3.8) is 0 Å². The number of nitrogens with zero attached hydrogens (tertiary/aromatic N) is 4. The lowest BCUT2D eigenvalue weighted by molar-refractivity contribution is 0.0640. The number of pyridine rings is 1. The number of likely N-dealkylation sites (N-methyl/N-ethyl adjacent to an activating group) is 1. The Morgan fingerprint density at radius 2 is 1.76 bits per heavy atom. The SMILES string of the molecule is CCN1CCN(C(=O)c2nc(C(=O)Nc3ccccc3C)n3ccccc23)CC1. The lowest BCUT2D eigenvalue weighted by Crippen LogP contribution is -2.48. The van der Waals surface area contributed by atoms with Crippen LogP contribution in [0.2, 0.25) is 0 Å². The van der Waals surface area contributed by atoms with Gasteiger partial charge in [0.1, 0.15) is 0 Å². The van der Waals surface area contributed by atoms with E-state index in [0.717, 1.165) is 30.9 Å². The molecule has 150 valence electrons. The number of benzene rings is 1. The molecule has 3 heterocycles. The number of carbonyl (C=O) groups excluding carboxylic acids is 2. The van der Waals surface area contributed by atoms with E-state index < -0.39 is 0 Å². The van der Waals surface area contributed by atoms with Gasteiger partial charge in [-0.1, -0.05) is 31.2 Å². The van der Waals surface area contributed by atoms with Gasteiger partial charge in [0.25, 0.3) is 11.8 Å². The molecule has 2 aromatic heterocycles. The van der Waals surface area contributed by atoms with Crippen LogP contribution in [0.5, 0.6) is 0 Å². The number of carbonyl (C=O) groups is 2. The molecule has 1 N–H and O–H groups in total. The Hall–Kier alpha value is -3.19. The number of anilines is 1. The zero-order valence-corrected chi connectivity index (χ0v) is 16.8. The summed E-state index contributed by atoms with van der Waals surface area (Å²) in [6.07, 6.45) is 1.76. The average Bonchev–Trinajstić information content (AvgIpc) is 3.15. The molecule has 29 heavy (non-hydrogen) atoms. The van der Waals surface area contributed by atoms with Gasteiger partial charge in [-0.15, -0.1) is 0 Å². The fourth-order valence-corrected chi connectivity index (χ4v) is 3.66. The Kier molecular flexibility index (Phi) is 5.31. The van der Waals surface area contributed by atoms with Crippen LogP contribution in [0.3, 0.4) is 0 Å². The van der Waals surface area contributed by atoms with Crippen LogP contribution >= 0.6 is 0 Å². The van der Waals surface area contributed by atoms with E-state index in [-0.39, 0.29) is 17.6 Å². The molecule has 0 spiro atoms. The highest BCUT2D eigenvalue weighted by Crippen LogP contribution is 2.19. The maximum absolute atomic E-state index is 13.2. The van der Waals surface area contributed by atoms with Crippen molar-refractivity contribution in [2.24, 2.45) is 0 Å². The third-order valence-corrected chi connectivity index (χ3v) is 5.45. The molecule has 1 aliphatic heterocycles. The second-order valence-corrected chi connectivity index (χ2v) is 7.24. The molecule has 1 aromatic carbocycles. The molecular formula is C22H25N5O2. The van der Waals surface area contributed by atoms with Crippen LogP contribution in [0, 0.1) is 6.92 Å². The number of aromatic nitrogens is 2. The summed E-state index contributed by atoms with van der Waals surface area (Å²) < 4.78 is 1.68. The number of para-hydroxylation sites is 1. The molecule has 0 aliphatic carbocycles. The fourth-order valence-electron chi connectivity index (χ4n) is 3.66. The summed E-state index contributed by atoms with van der Waals surface area (Å²) in [4.78, 5) is 34.7. The van der Waals surface area contributed by atoms with Gasteiger partial charge in [0.15, 0.2) is 5.69 Å². The number of nitrogens with one attached hydrogen (secondary N) is 1. The first kappa shape index (κ1) is 19.1. The van der Waals surface area contributed by atoms with Crippen molar-refractivity contribution in [1.82, 2.24) is 19.2 Å². The van der Waals surface area contributed by atoms with Gasteiger partial charge in [-0.2, -0.15) is 0 Å². The smallest absolute Gasteiger partial charge is 0.292 e. The highest BCUT2D eigenvalue weighted by atomic mass is 16.2. The van der Waals surface area contributed by atoms with Gasteiger partial charge in [0, 0.05) is 38.1 Å². The summed E-state index contributed by atoms with van der Waals surface area (Å²) in [6, 6.07) is 13.1. The van der Waals surface area contributed by atoms with Crippen molar-refractivity contribution in [2.75, 3.05) is 38.0 Å². The highest BCUT2D eigenvalue weighted by Gasteiger charge is 2.27. The molecule has 7 nitrogen and oxygen atoms in total. The maximum Gasteiger partial charge on any atom is 0.292 e. The molecule has 0 saturated carbocycles. The van der Waals surface area contributed by atoms with E-state index in [0.29, 0.717) is 24.3 Å². The zero-order chi connectivity index (χ0) is 20.4. The van der Waals surface area contributed by atoms with Gasteiger partial charge in [-0.25, -0.2) is 4.98 Å². The van der Waals surface area contributed by atoms with Gasteiger partial charge >= 0.3 is 0 Å². The average molecular weight is 391 g/mol. The Labute approximate surface area is 169 Å². The van der Waals surface area contributed by atoms with E-state index in [1.807, 2.05) is 54.3 Å². The third kappa shape index (κ3) is 3.73. The van der Waals surface area contributed by atoms with E-state index in [9.17, 15) is 9.59 Å². The zero-order valence-electron chi connectivity index (χ0n) is 16.8. The van der Waals surface area contributed by atoms with Crippen molar-refractivity contribution in [3.05, 3.63) is 65.7 Å². The second kappa shape index (κ2) is 8.05. The molecule has 0 unspecified atom stereocenters. The van der Waals surface area contributed by atoms with Crippen LogP contribution in [0.4, 0.5) is 5.69 Å². The van der Waals surface area contributed by atoms with Crippen molar-refractivity contribution in [3.8, 4) is 0 Å². The van der Waals surface area contributed by atoms with Crippen LogP contribution < -0.4 is 5.32 Å². The normalized spacial score (nSPS) is 14.9. The summed E-state index contributed by atoms with van der Waals surface area (Å²) in [5.74, 6) is -0.255. The minimum Gasteiger partial charge on any atom is -0.335 e. The topological polar surface area (TPSA) is 69.9 Å². The van der Waals surface area contributed by atoms with E-state index in [1.54, 1.807) is 10.6 Å². The number of rotatable bonds is 4. The van der Waals surface area contributed by atoms with E-state index in [1.165, 1.54) is 0 Å². The predicted octanol–water partition coefficient (Wildman–Crippen LogP) is 2.67. The van der Waals surface area contributed by atoms with Gasteiger partial charge < -0.3 is 15.1 Å². The molecule has 0 atom stereocenters. The first-order valence-electron chi connectivity index (χ1n) is 9.94. The predicted molar refractivity (Wildman–Crippen MR) is 112 cm³/mol. The van der Waals surface area contributed by atoms with Crippen LogP contribution in [0.25, 0.3) is 5.52 Å². The standard InChI is InChI=1S/C22H25N5O2/c1-3-25-12-14-26(15-13-25)22(29)19-18-10-6-7-11-27(18)20(24-19)21(28)23-17-9-5-4-8-16(17)2/h4-11H,3,12-15H2,1-2H3,(H,23,28). The molecule has 0 radical (unpaired) electrons. The number of imidazole rings is 1. The number of hydrogen-bond acceptors (Lipinski definition) is 4. The molecule has 3 aromatic rings. The fraction of sp³-hybridized carbons (Fsp3) is 0.318. The number of fused-ring (bicyclic) bond motifs is 1.